The average molecular weight is 117 g/mol. The van der Waals surface area contributed by atoms with Gasteiger partial charge in [0.15, 0.2) is 0 Å². The highest BCUT2D eigenvalue weighted by Gasteiger charge is 2.13. The van der Waals surface area contributed by atoms with Crippen LogP contribution in [-0.4, -0.2) is 34.6 Å². The van der Waals surface area contributed by atoms with Gasteiger partial charge in [0, 0.05) is 13.1 Å². The molecule has 0 spiro atoms. The van der Waals surface area contributed by atoms with Crippen LogP contribution in [0.4, 0.5) is 0 Å². The minimum atomic E-state index is -0.182. The second kappa shape index (κ2) is 2.44. The summed E-state index contributed by atoms with van der Waals surface area (Å²) in [6.45, 7) is 1.22. The number of hydrogen-bond acceptors (Lipinski definition) is 3. The van der Waals surface area contributed by atoms with Crippen LogP contribution < -0.4 is 0 Å². The van der Waals surface area contributed by atoms with E-state index in [9.17, 15) is 0 Å². The number of aliphatic hydroxyl groups is 1. The fourth-order valence-corrected chi connectivity index (χ4v) is 0.852. The molecular formula is C5H11NO2. The van der Waals surface area contributed by atoms with Crippen LogP contribution in [0.1, 0.15) is 12.8 Å². The van der Waals surface area contributed by atoms with Gasteiger partial charge >= 0.3 is 0 Å². The molecule has 0 unspecified atom stereocenters. The molecule has 0 amide bonds. The minimum absolute atomic E-state index is 0.182. The van der Waals surface area contributed by atoms with Gasteiger partial charge in [-0.2, -0.15) is 5.06 Å². The van der Waals surface area contributed by atoms with Gasteiger partial charge in [-0.25, -0.2) is 0 Å². The molecule has 48 valence electrons. The van der Waals surface area contributed by atoms with Gasteiger partial charge in [0.05, 0.1) is 6.10 Å². The van der Waals surface area contributed by atoms with Crippen LogP contribution in [0.25, 0.3) is 0 Å². The predicted octanol–water partition coefficient (Wildman–Crippen LogP) is -0.168. The number of aliphatic hydroxyl groups excluding tert-OH is 1. The summed E-state index contributed by atoms with van der Waals surface area (Å²) >= 11 is 0. The van der Waals surface area contributed by atoms with E-state index in [0.717, 1.165) is 0 Å². The van der Waals surface area contributed by atoms with Crippen molar-refractivity contribution in [2.45, 2.75) is 18.9 Å². The lowest BCUT2D eigenvalue weighted by Crippen LogP contribution is -2.33. The van der Waals surface area contributed by atoms with Crippen LogP contribution in [0, 0.1) is 0 Å². The second-order valence-electron chi connectivity index (χ2n) is 2.18. The molecule has 0 aromatic rings. The van der Waals surface area contributed by atoms with E-state index in [1.54, 1.807) is 0 Å². The topological polar surface area (TPSA) is 43.7 Å². The van der Waals surface area contributed by atoms with E-state index in [1.807, 2.05) is 0 Å². The maximum atomic E-state index is 8.89. The first-order chi connectivity index (χ1) is 3.79. The predicted molar refractivity (Wildman–Crippen MR) is 28.6 cm³/mol. The van der Waals surface area contributed by atoms with Gasteiger partial charge in [-0.05, 0) is 12.8 Å². The molecule has 1 fully saturated rings. The SMILES string of the molecule is OC1CCN(O)CC1. The van der Waals surface area contributed by atoms with Crippen LogP contribution >= 0.6 is 0 Å². The van der Waals surface area contributed by atoms with Gasteiger partial charge in [-0.1, -0.05) is 0 Å². The van der Waals surface area contributed by atoms with Gasteiger partial charge in [-0.15, -0.1) is 0 Å². The maximum absolute atomic E-state index is 8.89. The van der Waals surface area contributed by atoms with Gasteiger partial charge in [0.1, 0.15) is 0 Å². The van der Waals surface area contributed by atoms with Crippen molar-refractivity contribution in [1.29, 1.82) is 0 Å². The molecule has 0 aromatic heterocycles. The highest BCUT2D eigenvalue weighted by atomic mass is 16.5. The number of rotatable bonds is 0. The van der Waals surface area contributed by atoms with Crippen molar-refractivity contribution in [2.24, 2.45) is 0 Å². The highest BCUT2D eigenvalue weighted by molar-refractivity contribution is 4.64. The lowest BCUT2D eigenvalue weighted by molar-refractivity contribution is -0.121. The molecule has 0 saturated carbocycles. The Hall–Kier alpha value is -0.120. The van der Waals surface area contributed by atoms with Gasteiger partial charge < -0.3 is 10.3 Å². The molecule has 0 aliphatic carbocycles. The molecule has 3 nitrogen and oxygen atoms in total. The fourth-order valence-electron chi connectivity index (χ4n) is 0.852. The summed E-state index contributed by atoms with van der Waals surface area (Å²) in [7, 11) is 0. The monoisotopic (exact) mass is 117 g/mol. The van der Waals surface area contributed by atoms with E-state index in [1.165, 1.54) is 5.06 Å². The maximum Gasteiger partial charge on any atom is 0.0566 e. The van der Waals surface area contributed by atoms with Crippen LogP contribution in [-0.2, 0) is 0 Å². The first-order valence-corrected chi connectivity index (χ1v) is 2.91. The largest absolute Gasteiger partial charge is 0.393 e. The van der Waals surface area contributed by atoms with Crippen molar-refractivity contribution in [3.63, 3.8) is 0 Å². The first kappa shape index (κ1) is 6.01. The number of hydroxylamine groups is 2. The standard InChI is InChI=1S/C5H11NO2/c7-5-1-3-6(8)4-2-5/h5,7-8H,1-4H2. The van der Waals surface area contributed by atoms with E-state index in [0.29, 0.717) is 25.9 Å². The Morgan fingerprint density at radius 3 is 2.12 bits per heavy atom. The molecule has 1 rings (SSSR count). The second-order valence-corrected chi connectivity index (χ2v) is 2.18. The molecule has 1 saturated heterocycles. The van der Waals surface area contributed by atoms with E-state index < -0.39 is 0 Å². The van der Waals surface area contributed by atoms with Gasteiger partial charge in [0.2, 0.25) is 0 Å². The molecule has 0 radical (unpaired) electrons. The van der Waals surface area contributed by atoms with E-state index in [4.69, 9.17) is 10.3 Å². The zero-order chi connectivity index (χ0) is 5.98. The van der Waals surface area contributed by atoms with Gasteiger partial charge in [0.25, 0.3) is 0 Å². The third kappa shape index (κ3) is 1.43. The Morgan fingerprint density at radius 1 is 1.25 bits per heavy atom. The lowest BCUT2D eigenvalue weighted by Gasteiger charge is -2.23. The molecule has 1 aliphatic heterocycles. The van der Waals surface area contributed by atoms with Crippen LogP contribution in [0.3, 0.4) is 0 Å². The van der Waals surface area contributed by atoms with Crippen LogP contribution in [0.2, 0.25) is 0 Å². The molecule has 0 aromatic carbocycles. The first-order valence-electron chi connectivity index (χ1n) is 2.91. The van der Waals surface area contributed by atoms with Crippen molar-refractivity contribution in [2.75, 3.05) is 13.1 Å². The summed E-state index contributed by atoms with van der Waals surface area (Å²) in [5.41, 5.74) is 0. The molecule has 2 N–H and O–H groups in total. The Labute approximate surface area is 48.5 Å². The van der Waals surface area contributed by atoms with E-state index >= 15 is 0 Å². The summed E-state index contributed by atoms with van der Waals surface area (Å²) in [6, 6.07) is 0. The molecular weight excluding hydrogens is 106 g/mol. The summed E-state index contributed by atoms with van der Waals surface area (Å²) in [5.74, 6) is 0. The summed E-state index contributed by atoms with van der Waals surface area (Å²) in [5, 5.41) is 18.9. The molecule has 8 heavy (non-hydrogen) atoms. The summed E-state index contributed by atoms with van der Waals surface area (Å²) in [6.07, 6.45) is 1.23. The Kier molecular flexibility index (Phi) is 1.83. The zero-order valence-corrected chi connectivity index (χ0v) is 4.75. The van der Waals surface area contributed by atoms with Crippen LogP contribution in [0.5, 0.6) is 0 Å². The molecule has 1 aliphatic rings. The Bertz CT molecular complexity index is 58.8. The van der Waals surface area contributed by atoms with Crippen molar-refractivity contribution in [1.82, 2.24) is 5.06 Å². The Balaban J connectivity index is 2.19. The van der Waals surface area contributed by atoms with Crippen molar-refractivity contribution in [3.8, 4) is 0 Å². The smallest absolute Gasteiger partial charge is 0.0566 e. The number of piperidine rings is 1. The van der Waals surface area contributed by atoms with Crippen molar-refractivity contribution >= 4 is 0 Å². The van der Waals surface area contributed by atoms with Crippen molar-refractivity contribution in [3.05, 3.63) is 0 Å². The number of nitrogens with zero attached hydrogens (tertiary/aromatic N) is 1. The third-order valence-corrected chi connectivity index (χ3v) is 1.44. The van der Waals surface area contributed by atoms with E-state index in [-0.39, 0.29) is 6.10 Å². The number of hydrogen-bond donors (Lipinski definition) is 2. The van der Waals surface area contributed by atoms with E-state index in [2.05, 4.69) is 0 Å². The average Bonchev–Trinajstić information content (AvgIpc) is 1.77. The molecule has 3 heteroatoms. The third-order valence-electron chi connectivity index (χ3n) is 1.44. The summed E-state index contributed by atoms with van der Waals surface area (Å²) in [4.78, 5) is 0. The highest BCUT2D eigenvalue weighted by Crippen LogP contribution is 2.06. The molecule has 0 bridgehead atoms. The quantitative estimate of drug-likeness (QED) is 0.463. The van der Waals surface area contributed by atoms with Crippen LogP contribution in [0.15, 0.2) is 0 Å². The fraction of sp³-hybridized carbons (Fsp3) is 1.00. The molecule has 0 atom stereocenters. The lowest BCUT2D eigenvalue weighted by atomic mass is 10.1. The minimum Gasteiger partial charge on any atom is -0.393 e. The Morgan fingerprint density at radius 2 is 1.75 bits per heavy atom. The molecule has 1 heterocycles. The van der Waals surface area contributed by atoms with Gasteiger partial charge in [-0.3, -0.25) is 0 Å². The normalized spacial score (nSPS) is 26.2. The summed E-state index contributed by atoms with van der Waals surface area (Å²) < 4.78 is 0. The zero-order valence-electron chi connectivity index (χ0n) is 4.75. The van der Waals surface area contributed by atoms with Crippen molar-refractivity contribution < 1.29 is 10.3 Å².